The number of Topliss-reactive ketones (excluding diaryl/α,β-unsaturated/α-hetero) is 1. The molecule has 1 amide bonds. The van der Waals surface area contributed by atoms with Crippen LogP contribution >= 0.6 is 15.9 Å². The van der Waals surface area contributed by atoms with Crippen molar-refractivity contribution in [3.63, 3.8) is 0 Å². The third kappa shape index (κ3) is 2.85. The Morgan fingerprint density at radius 1 is 1.19 bits per heavy atom. The fraction of sp³-hybridized carbons (Fsp3) is 0.200. The van der Waals surface area contributed by atoms with Crippen molar-refractivity contribution in [3.8, 4) is 0 Å². The zero-order valence-electron chi connectivity index (χ0n) is 11.6. The molecule has 5 nitrogen and oxygen atoms in total. The average Bonchev–Trinajstić information content (AvgIpc) is 2.37. The molecule has 1 aliphatic heterocycles. The van der Waals surface area contributed by atoms with Crippen LogP contribution in [0.1, 0.15) is 25.3 Å². The lowest BCUT2D eigenvalue weighted by atomic mass is 9.81. The van der Waals surface area contributed by atoms with Gasteiger partial charge in [0.15, 0.2) is 11.7 Å². The Morgan fingerprint density at radius 2 is 1.76 bits per heavy atom. The molecule has 21 heavy (non-hydrogen) atoms. The fourth-order valence-electron chi connectivity index (χ4n) is 2.47. The molecule has 1 aromatic carbocycles. The lowest BCUT2D eigenvalue weighted by Gasteiger charge is -2.28. The Kier molecular flexibility index (Phi) is 4.18. The number of hydrogen-bond donors (Lipinski definition) is 2. The van der Waals surface area contributed by atoms with Gasteiger partial charge >= 0.3 is 0 Å². The van der Waals surface area contributed by atoms with E-state index in [0.29, 0.717) is 11.3 Å². The maximum Gasteiger partial charge on any atom is 0.250 e. The zero-order valence-corrected chi connectivity index (χ0v) is 13.2. The van der Waals surface area contributed by atoms with E-state index >= 15 is 0 Å². The van der Waals surface area contributed by atoms with Gasteiger partial charge in [-0.05, 0) is 31.5 Å². The number of ketones is 1. The molecule has 0 fully saturated rings. The van der Waals surface area contributed by atoms with Crippen molar-refractivity contribution in [2.24, 2.45) is 11.5 Å². The summed E-state index contributed by atoms with van der Waals surface area (Å²) < 4.78 is 6.21. The van der Waals surface area contributed by atoms with Crippen molar-refractivity contribution < 1.29 is 14.3 Å². The van der Waals surface area contributed by atoms with E-state index in [1.807, 2.05) is 24.3 Å². The third-order valence-corrected chi connectivity index (χ3v) is 3.86. The Labute approximate surface area is 130 Å². The van der Waals surface area contributed by atoms with E-state index in [4.69, 9.17) is 16.2 Å². The van der Waals surface area contributed by atoms with Gasteiger partial charge in [-0.25, -0.2) is 0 Å². The highest BCUT2D eigenvalue weighted by Crippen LogP contribution is 2.39. The predicted octanol–water partition coefficient (Wildman–Crippen LogP) is 2.08. The van der Waals surface area contributed by atoms with E-state index in [1.165, 1.54) is 6.92 Å². The number of rotatable bonds is 3. The predicted molar refractivity (Wildman–Crippen MR) is 81.8 cm³/mol. The second kappa shape index (κ2) is 5.73. The molecule has 0 aliphatic carbocycles. The minimum atomic E-state index is -0.702. The summed E-state index contributed by atoms with van der Waals surface area (Å²) in [5.74, 6) is -1.17. The number of halogens is 1. The van der Waals surface area contributed by atoms with Crippen molar-refractivity contribution in [1.82, 2.24) is 0 Å². The summed E-state index contributed by atoms with van der Waals surface area (Å²) in [6, 6.07) is 7.28. The SMILES string of the molecule is CC(=O)C1=C(C)OC(N)=C(C(N)=O)C1c1ccc(Br)cc1. The number of carbonyl (C=O) groups is 2. The molecule has 1 aliphatic rings. The van der Waals surface area contributed by atoms with Crippen LogP contribution < -0.4 is 11.5 Å². The maximum atomic E-state index is 12.0. The molecule has 1 aromatic rings. The highest BCUT2D eigenvalue weighted by atomic mass is 79.9. The molecule has 0 saturated heterocycles. The quantitative estimate of drug-likeness (QED) is 0.872. The van der Waals surface area contributed by atoms with Crippen molar-refractivity contribution in [2.75, 3.05) is 0 Å². The van der Waals surface area contributed by atoms with Crippen molar-refractivity contribution in [2.45, 2.75) is 19.8 Å². The van der Waals surface area contributed by atoms with Gasteiger partial charge in [-0.3, -0.25) is 9.59 Å². The molecular weight excluding hydrogens is 336 g/mol. The number of amides is 1. The first-order valence-corrected chi connectivity index (χ1v) is 7.06. The van der Waals surface area contributed by atoms with Gasteiger partial charge in [-0.2, -0.15) is 0 Å². The van der Waals surface area contributed by atoms with Crippen LogP contribution in [0.25, 0.3) is 0 Å². The summed E-state index contributed by atoms with van der Waals surface area (Å²) in [5, 5.41) is 0. The molecule has 0 radical (unpaired) electrons. The first-order valence-electron chi connectivity index (χ1n) is 6.27. The Bertz CT molecular complexity index is 639. The third-order valence-electron chi connectivity index (χ3n) is 3.33. The fourth-order valence-corrected chi connectivity index (χ4v) is 2.73. The van der Waals surface area contributed by atoms with Gasteiger partial charge in [0.05, 0.1) is 11.5 Å². The van der Waals surface area contributed by atoms with Gasteiger partial charge in [-0.15, -0.1) is 0 Å². The Hall–Kier alpha value is -2.08. The number of primary amides is 1. The molecule has 1 atom stereocenters. The van der Waals surface area contributed by atoms with Crippen LogP contribution in [-0.4, -0.2) is 11.7 Å². The zero-order chi connectivity index (χ0) is 15.7. The van der Waals surface area contributed by atoms with Crippen LogP contribution in [0.3, 0.4) is 0 Å². The monoisotopic (exact) mass is 350 g/mol. The first kappa shape index (κ1) is 15.3. The highest BCUT2D eigenvalue weighted by molar-refractivity contribution is 9.10. The second-order valence-electron chi connectivity index (χ2n) is 4.75. The van der Waals surface area contributed by atoms with E-state index in [2.05, 4.69) is 15.9 Å². The van der Waals surface area contributed by atoms with E-state index in [1.54, 1.807) is 6.92 Å². The molecule has 0 aromatic heterocycles. The Morgan fingerprint density at radius 3 is 2.24 bits per heavy atom. The average molecular weight is 351 g/mol. The van der Waals surface area contributed by atoms with Gasteiger partial charge in [0.1, 0.15) is 5.76 Å². The maximum absolute atomic E-state index is 12.0. The topological polar surface area (TPSA) is 95.4 Å². The molecule has 0 saturated carbocycles. The summed E-state index contributed by atoms with van der Waals surface area (Å²) in [6.45, 7) is 3.07. The van der Waals surface area contributed by atoms with Crippen LogP contribution in [0.15, 0.2) is 51.5 Å². The van der Waals surface area contributed by atoms with E-state index in [9.17, 15) is 9.59 Å². The number of hydrogen-bond acceptors (Lipinski definition) is 4. The number of allylic oxidation sites excluding steroid dienone is 2. The normalized spacial score (nSPS) is 18.5. The molecule has 4 N–H and O–H groups in total. The van der Waals surface area contributed by atoms with Crippen molar-refractivity contribution >= 4 is 27.6 Å². The van der Waals surface area contributed by atoms with Gasteiger partial charge in [0.25, 0.3) is 5.91 Å². The van der Waals surface area contributed by atoms with Gasteiger partial charge in [-0.1, -0.05) is 28.1 Å². The van der Waals surface area contributed by atoms with Crippen LogP contribution in [0.2, 0.25) is 0 Å². The van der Waals surface area contributed by atoms with Crippen LogP contribution in [0.5, 0.6) is 0 Å². The molecule has 0 bridgehead atoms. The smallest absolute Gasteiger partial charge is 0.250 e. The first-order chi connectivity index (χ1) is 9.82. The van der Waals surface area contributed by atoms with Gasteiger partial charge in [0, 0.05) is 10.0 Å². The van der Waals surface area contributed by atoms with Crippen LogP contribution in [0, 0.1) is 0 Å². The number of nitrogens with two attached hydrogens (primary N) is 2. The minimum Gasteiger partial charge on any atom is -0.445 e. The summed E-state index contributed by atoms with van der Waals surface area (Å²) in [5.41, 5.74) is 12.5. The molecule has 6 heteroatoms. The van der Waals surface area contributed by atoms with E-state index < -0.39 is 11.8 Å². The van der Waals surface area contributed by atoms with E-state index in [-0.39, 0.29) is 17.2 Å². The summed E-state index contributed by atoms with van der Waals surface area (Å²) in [7, 11) is 0. The number of benzene rings is 1. The van der Waals surface area contributed by atoms with E-state index in [0.717, 1.165) is 10.0 Å². The highest BCUT2D eigenvalue weighted by Gasteiger charge is 2.36. The molecule has 1 heterocycles. The van der Waals surface area contributed by atoms with Gasteiger partial charge in [0.2, 0.25) is 0 Å². The van der Waals surface area contributed by atoms with Crippen molar-refractivity contribution in [3.05, 3.63) is 57.1 Å². The molecule has 2 rings (SSSR count). The molecule has 1 unspecified atom stereocenters. The molecule has 110 valence electrons. The lowest BCUT2D eigenvalue weighted by Crippen LogP contribution is -2.31. The van der Waals surface area contributed by atoms with Gasteiger partial charge < -0.3 is 16.2 Å². The Balaban J connectivity index is 2.67. The molecular formula is C15H15BrN2O3. The largest absolute Gasteiger partial charge is 0.445 e. The summed E-state index contributed by atoms with van der Waals surface area (Å²) in [4.78, 5) is 23.7. The molecule has 0 spiro atoms. The van der Waals surface area contributed by atoms with Crippen LogP contribution in [0.4, 0.5) is 0 Å². The standard InChI is InChI=1S/C15H15BrN2O3/c1-7(19)11-8(2)21-15(18)13(14(17)20)12(11)9-3-5-10(16)6-4-9/h3-6,12H,18H2,1-2H3,(H2,17,20). The number of ether oxygens (including phenoxy) is 1. The number of carbonyl (C=O) groups excluding carboxylic acids is 2. The van der Waals surface area contributed by atoms with Crippen molar-refractivity contribution in [1.29, 1.82) is 0 Å². The second-order valence-corrected chi connectivity index (χ2v) is 5.67. The lowest BCUT2D eigenvalue weighted by molar-refractivity contribution is -0.115. The summed E-state index contributed by atoms with van der Waals surface area (Å²) >= 11 is 3.35. The van der Waals surface area contributed by atoms with Crippen LogP contribution in [-0.2, 0) is 14.3 Å². The minimum absolute atomic E-state index is 0.0575. The summed E-state index contributed by atoms with van der Waals surface area (Å²) in [6.07, 6.45) is 0.